The van der Waals surface area contributed by atoms with Gasteiger partial charge >= 0.3 is 0 Å². The van der Waals surface area contributed by atoms with Crippen molar-refractivity contribution >= 4 is 15.9 Å². The van der Waals surface area contributed by atoms with Crippen LogP contribution in [0.5, 0.6) is 5.75 Å². The zero-order chi connectivity index (χ0) is 14.1. The molecule has 1 aromatic rings. The molecule has 0 aliphatic heterocycles. The minimum absolute atomic E-state index is 0.201. The molecule has 104 valence electrons. The van der Waals surface area contributed by atoms with Crippen molar-refractivity contribution in [3.63, 3.8) is 0 Å². The quantitative estimate of drug-likeness (QED) is 0.745. The van der Waals surface area contributed by atoms with Crippen LogP contribution in [0.15, 0.2) is 22.7 Å². The first-order valence-electron chi connectivity index (χ1n) is 6.34. The number of rotatable bonds is 8. The maximum absolute atomic E-state index is 5.52. The van der Waals surface area contributed by atoms with Crippen LogP contribution in [0.25, 0.3) is 0 Å². The van der Waals surface area contributed by atoms with Crippen molar-refractivity contribution in [2.24, 2.45) is 0 Å². The smallest absolute Gasteiger partial charge is 0.148 e. The Balaban J connectivity index is 2.55. The zero-order valence-corrected chi connectivity index (χ0v) is 13.0. The van der Waals surface area contributed by atoms with Crippen LogP contribution in [0.2, 0.25) is 0 Å². The van der Waals surface area contributed by atoms with Gasteiger partial charge in [0.15, 0.2) is 0 Å². The van der Waals surface area contributed by atoms with Crippen LogP contribution < -0.4 is 10.1 Å². The van der Waals surface area contributed by atoms with Crippen LogP contribution in [0.4, 0.5) is 0 Å². The van der Waals surface area contributed by atoms with Gasteiger partial charge in [-0.1, -0.05) is 21.9 Å². The number of hydrogen-bond acceptors (Lipinski definition) is 3. The van der Waals surface area contributed by atoms with Crippen LogP contribution in [0, 0.1) is 12.3 Å². The molecule has 4 heteroatoms. The molecule has 1 aromatic carbocycles. The summed E-state index contributed by atoms with van der Waals surface area (Å²) >= 11 is 3.46. The van der Waals surface area contributed by atoms with Crippen molar-refractivity contribution in [2.75, 3.05) is 19.8 Å². The van der Waals surface area contributed by atoms with E-state index in [2.05, 4.69) is 27.2 Å². The van der Waals surface area contributed by atoms with E-state index in [0.29, 0.717) is 0 Å². The van der Waals surface area contributed by atoms with Gasteiger partial charge in [-0.3, -0.25) is 0 Å². The monoisotopic (exact) mass is 325 g/mol. The van der Waals surface area contributed by atoms with Crippen molar-refractivity contribution in [1.29, 1.82) is 0 Å². The van der Waals surface area contributed by atoms with Gasteiger partial charge in [-0.25, -0.2) is 0 Å². The highest BCUT2D eigenvalue weighted by atomic mass is 79.9. The second-order valence-electron chi connectivity index (χ2n) is 4.14. The molecule has 3 nitrogen and oxygen atoms in total. The number of halogens is 1. The minimum Gasteiger partial charge on any atom is -0.481 e. The lowest BCUT2D eigenvalue weighted by molar-refractivity contribution is 0.0759. The molecule has 1 N–H and O–H groups in total. The third-order valence-corrected chi connectivity index (χ3v) is 3.03. The fourth-order valence-electron chi connectivity index (χ4n) is 1.70. The van der Waals surface area contributed by atoms with Gasteiger partial charge in [-0.05, 0) is 32.0 Å². The van der Waals surface area contributed by atoms with E-state index >= 15 is 0 Å². The normalized spacial score (nSPS) is 11.9. The molecule has 1 atom stereocenters. The Morgan fingerprint density at radius 1 is 1.47 bits per heavy atom. The molecule has 0 heterocycles. The molecule has 0 aliphatic rings. The van der Waals surface area contributed by atoms with E-state index in [0.717, 1.165) is 35.5 Å². The molecule has 0 amide bonds. The molecule has 0 spiro atoms. The van der Waals surface area contributed by atoms with Crippen molar-refractivity contribution < 1.29 is 9.47 Å². The number of nitrogens with one attached hydrogen (secondary N) is 1. The molecule has 1 unspecified atom stereocenters. The molecular formula is C15H20BrNO2. The summed E-state index contributed by atoms with van der Waals surface area (Å²) in [6.45, 7) is 6.58. The molecule has 0 bridgehead atoms. The third-order valence-electron chi connectivity index (χ3n) is 2.53. The average molecular weight is 326 g/mol. The van der Waals surface area contributed by atoms with Crippen LogP contribution in [-0.2, 0) is 11.3 Å². The molecule has 0 fully saturated rings. The first-order chi connectivity index (χ1) is 9.17. The van der Waals surface area contributed by atoms with Crippen molar-refractivity contribution in [3.8, 4) is 18.1 Å². The van der Waals surface area contributed by atoms with Crippen LogP contribution in [0.3, 0.4) is 0 Å². The third kappa shape index (κ3) is 6.11. The summed E-state index contributed by atoms with van der Waals surface area (Å²) in [6.07, 6.45) is 5.41. The van der Waals surface area contributed by atoms with Crippen LogP contribution >= 0.6 is 15.9 Å². The highest BCUT2D eigenvalue weighted by Gasteiger charge is 2.06. The number of ether oxygens (including phenoxy) is 2. The Hall–Kier alpha value is -1.02. The van der Waals surface area contributed by atoms with Gasteiger partial charge in [0.25, 0.3) is 0 Å². The predicted molar refractivity (Wildman–Crippen MR) is 81.3 cm³/mol. The summed E-state index contributed by atoms with van der Waals surface area (Å²) in [5.74, 6) is 3.29. The van der Waals surface area contributed by atoms with Gasteiger partial charge in [0, 0.05) is 29.7 Å². The number of terminal acetylenes is 1. The first-order valence-corrected chi connectivity index (χ1v) is 7.13. The Kier molecular flexibility index (Phi) is 7.57. The maximum Gasteiger partial charge on any atom is 0.148 e. The molecule has 1 rings (SSSR count). The molecule has 19 heavy (non-hydrogen) atoms. The van der Waals surface area contributed by atoms with E-state index < -0.39 is 0 Å². The van der Waals surface area contributed by atoms with Gasteiger partial charge in [0.05, 0.1) is 6.10 Å². The van der Waals surface area contributed by atoms with E-state index in [1.54, 1.807) is 0 Å². The van der Waals surface area contributed by atoms with E-state index in [4.69, 9.17) is 15.9 Å². The summed E-state index contributed by atoms with van der Waals surface area (Å²) in [5.41, 5.74) is 1.08. The fourth-order valence-corrected chi connectivity index (χ4v) is 2.11. The standard InChI is InChI=1S/C15H20BrNO2/c1-4-8-19-15-7-6-14(16)9-13(15)11-17-10-12(3)18-5-2/h1,6-7,9,12,17H,5,8,10-11H2,2-3H3. The molecular weight excluding hydrogens is 306 g/mol. The number of hydrogen-bond donors (Lipinski definition) is 1. The van der Waals surface area contributed by atoms with Crippen LogP contribution in [0.1, 0.15) is 19.4 Å². The average Bonchev–Trinajstić information content (AvgIpc) is 2.38. The van der Waals surface area contributed by atoms with Gasteiger partial charge in [0.2, 0.25) is 0 Å². The largest absolute Gasteiger partial charge is 0.481 e. The van der Waals surface area contributed by atoms with Gasteiger partial charge < -0.3 is 14.8 Å². The highest BCUT2D eigenvalue weighted by molar-refractivity contribution is 9.10. The van der Waals surface area contributed by atoms with E-state index in [1.165, 1.54) is 0 Å². The highest BCUT2D eigenvalue weighted by Crippen LogP contribution is 2.23. The Bertz CT molecular complexity index is 429. The zero-order valence-electron chi connectivity index (χ0n) is 11.4. The van der Waals surface area contributed by atoms with Crippen LogP contribution in [-0.4, -0.2) is 25.9 Å². The van der Waals surface area contributed by atoms with Gasteiger partial charge in [-0.15, -0.1) is 6.42 Å². The SMILES string of the molecule is C#CCOc1ccc(Br)cc1CNCC(C)OCC. The second-order valence-corrected chi connectivity index (χ2v) is 5.06. The summed E-state index contributed by atoms with van der Waals surface area (Å²) in [7, 11) is 0. The molecule has 0 saturated heterocycles. The van der Waals surface area contributed by atoms with Crippen molar-refractivity contribution in [1.82, 2.24) is 5.32 Å². The Labute approximate surface area is 123 Å². The van der Waals surface area contributed by atoms with E-state index in [9.17, 15) is 0 Å². The molecule has 0 aliphatic carbocycles. The molecule has 0 saturated carbocycles. The predicted octanol–water partition coefficient (Wildman–Crippen LogP) is 2.98. The second kappa shape index (κ2) is 8.98. The maximum atomic E-state index is 5.52. The summed E-state index contributed by atoms with van der Waals surface area (Å²) < 4.78 is 12.0. The van der Waals surface area contributed by atoms with E-state index in [-0.39, 0.29) is 12.7 Å². The van der Waals surface area contributed by atoms with Gasteiger partial charge in [-0.2, -0.15) is 0 Å². The van der Waals surface area contributed by atoms with Crippen molar-refractivity contribution in [3.05, 3.63) is 28.2 Å². The number of benzene rings is 1. The lowest BCUT2D eigenvalue weighted by Gasteiger charge is -2.14. The Morgan fingerprint density at radius 3 is 2.95 bits per heavy atom. The topological polar surface area (TPSA) is 30.5 Å². The summed E-state index contributed by atoms with van der Waals surface area (Å²) in [6, 6.07) is 5.90. The summed E-state index contributed by atoms with van der Waals surface area (Å²) in [5, 5.41) is 3.35. The van der Waals surface area contributed by atoms with E-state index in [1.807, 2.05) is 32.0 Å². The fraction of sp³-hybridized carbons (Fsp3) is 0.467. The first kappa shape index (κ1) is 16.0. The lowest BCUT2D eigenvalue weighted by atomic mass is 10.2. The van der Waals surface area contributed by atoms with Crippen molar-refractivity contribution in [2.45, 2.75) is 26.5 Å². The lowest BCUT2D eigenvalue weighted by Crippen LogP contribution is -2.26. The Morgan fingerprint density at radius 2 is 2.26 bits per heavy atom. The minimum atomic E-state index is 0.201. The van der Waals surface area contributed by atoms with Gasteiger partial charge in [0.1, 0.15) is 12.4 Å². The summed E-state index contributed by atoms with van der Waals surface area (Å²) in [4.78, 5) is 0. The molecule has 0 aromatic heterocycles. The molecule has 0 radical (unpaired) electrons.